The summed E-state index contributed by atoms with van der Waals surface area (Å²) in [7, 11) is 1.54. The van der Waals surface area contributed by atoms with Crippen LogP contribution < -0.4 is 4.74 Å². The summed E-state index contributed by atoms with van der Waals surface area (Å²) in [6.07, 6.45) is 3.09. The third-order valence-electron chi connectivity index (χ3n) is 3.45. The summed E-state index contributed by atoms with van der Waals surface area (Å²) < 4.78 is 18.2. The van der Waals surface area contributed by atoms with Gasteiger partial charge < -0.3 is 4.74 Å². The summed E-state index contributed by atoms with van der Waals surface area (Å²) >= 11 is 0. The van der Waals surface area contributed by atoms with Crippen LogP contribution in [-0.4, -0.2) is 17.9 Å². The molecule has 0 aliphatic rings. The van der Waals surface area contributed by atoms with Crippen molar-refractivity contribution in [3.05, 3.63) is 77.6 Å². The number of nitrogens with zero attached hydrogens (tertiary/aromatic N) is 1. The van der Waals surface area contributed by atoms with E-state index < -0.39 is 0 Å². The second-order valence-electron chi connectivity index (χ2n) is 4.98. The van der Waals surface area contributed by atoms with Gasteiger partial charge in [0.25, 0.3) is 0 Å². The van der Waals surface area contributed by atoms with Crippen LogP contribution in [0.2, 0.25) is 0 Å². The highest BCUT2D eigenvalue weighted by molar-refractivity contribution is 6.07. The number of hydrogen-bond acceptors (Lipinski definition) is 3. The van der Waals surface area contributed by atoms with Gasteiger partial charge in [0.15, 0.2) is 5.78 Å². The second kappa shape index (κ2) is 6.40. The molecule has 23 heavy (non-hydrogen) atoms. The van der Waals surface area contributed by atoms with Gasteiger partial charge in [0, 0.05) is 16.5 Å². The Balaban J connectivity index is 1.93. The lowest BCUT2D eigenvalue weighted by molar-refractivity contribution is 0.104. The number of rotatable bonds is 4. The minimum absolute atomic E-state index is 0.208. The largest absolute Gasteiger partial charge is 0.481 e. The molecule has 0 N–H and O–H groups in total. The van der Waals surface area contributed by atoms with Crippen LogP contribution in [0.25, 0.3) is 17.0 Å². The fraction of sp³-hybridized carbons (Fsp3) is 0.0526. The van der Waals surface area contributed by atoms with Gasteiger partial charge in [-0.2, -0.15) is 0 Å². The number of benzene rings is 2. The molecule has 2 aromatic carbocycles. The van der Waals surface area contributed by atoms with Crippen molar-refractivity contribution in [2.24, 2.45) is 0 Å². The summed E-state index contributed by atoms with van der Waals surface area (Å²) in [4.78, 5) is 16.5. The van der Waals surface area contributed by atoms with Crippen LogP contribution in [0.3, 0.4) is 0 Å². The molecule has 0 aliphatic carbocycles. The van der Waals surface area contributed by atoms with E-state index in [0.29, 0.717) is 17.0 Å². The molecule has 0 saturated carbocycles. The van der Waals surface area contributed by atoms with Crippen LogP contribution in [0.4, 0.5) is 4.39 Å². The highest BCUT2D eigenvalue weighted by Gasteiger charge is 2.06. The van der Waals surface area contributed by atoms with Gasteiger partial charge in [0.05, 0.1) is 12.6 Å². The summed E-state index contributed by atoms with van der Waals surface area (Å²) in [5.74, 6) is -0.127. The van der Waals surface area contributed by atoms with Gasteiger partial charge >= 0.3 is 0 Å². The van der Waals surface area contributed by atoms with E-state index in [9.17, 15) is 9.18 Å². The van der Waals surface area contributed by atoms with E-state index in [0.717, 1.165) is 10.9 Å². The summed E-state index contributed by atoms with van der Waals surface area (Å²) in [5, 5.41) is 0.960. The number of carbonyl (C=O) groups excluding carboxylic acids is 1. The quantitative estimate of drug-likeness (QED) is 0.533. The van der Waals surface area contributed by atoms with E-state index >= 15 is 0 Å². The fourth-order valence-corrected chi connectivity index (χ4v) is 2.27. The van der Waals surface area contributed by atoms with Gasteiger partial charge in [0.1, 0.15) is 5.82 Å². The molecule has 1 aromatic heterocycles. The van der Waals surface area contributed by atoms with E-state index in [1.165, 1.54) is 37.5 Å². The van der Waals surface area contributed by atoms with Gasteiger partial charge in [-0.25, -0.2) is 9.37 Å². The lowest BCUT2D eigenvalue weighted by atomic mass is 10.1. The highest BCUT2D eigenvalue weighted by atomic mass is 19.1. The fourth-order valence-electron chi connectivity index (χ4n) is 2.27. The number of methoxy groups -OCH3 is 1. The second-order valence-corrected chi connectivity index (χ2v) is 4.98. The lowest BCUT2D eigenvalue weighted by Gasteiger charge is -2.06. The summed E-state index contributed by atoms with van der Waals surface area (Å²) in [5.41, 5.74) is 1.96. The average Bonchev–Trinajstić information content (AvgIpc) is 2.59. The van der Waals surface area contributed by atoms with Gasteiger partial charge in [-0.3, -0.25) is 4.79 Å². The minimum Gasteiger partial charge on any atom is -0.481 e. The van der Waals surface area contributed by atoms with E-state index in [-0.39, 0.29) is 11.6 Å². The predicted octanol–water partition coefficient (Wildman–Crippen LogP) is 4.28. The standard InChI is InChI=1S/C19H14FNO2/c1-23-19-15(12-14-4-2-3-5-17(14)21-19)8-11-18(22)13-6-9-16(20)10-7-13/h2-12H,1H3/b11-8+. The number of pyridine rings is 1. The molecule has 3 nitrogen and oxygen atoms in total. The number of fused-ring (bicyclic) bond motifs is 1. The van der Waals surface area contributed by atoms with E-state index in [1.54, 1.807) is 6.08 Å². The molecule has 0 fully saturated rings. The van der Waals surface area contributed by atoms with Gasteiger partial charge in [-0.15, -0.1) is 0 Å². The topological polar surface area (TPSA) is 39.2 Å². The Morgan fingerprint density at radius 2 is 1.87 bits per heavy atom. The van der Waals surface area contributed by atoms with Gasteiger partial charge in [-0.1, -0.05) is 18.2 Å². The van der Waals surface area contributed by atoms with E-state index in [1.807, 2.05) is 30.3 Å². The Morgan fingerprint density at radius 3 is 2.61 bits per heavy atom. The summed E-state index contributed by atoms with van der Waals surface area (Å²) in [6.45, 7) is 0. The first kappa shape index (κ1) is 14.9. The Morgan fingerprint density at radius 1 is 1.13 bits per heavy atom. The molecule has 0 atom stereocenters. The zero-order valence-electron chi connectivity index (χ0n) is 12.5. The van der Waals surface area contributed by atoms with Crippen LogP contribution in [-0.2, 0) is 0 Å². The van der Waals surface area contributed by atoms with Crippen molar-refractivity contribution in [1.29, 1.82) is 0 Å². The highest BCUT2D eigenvalue weighted by Crippen LogP contribution is 2.23. The zero-order valence-corrected chi connectivity index (χ0v) is 12.5. The van der Waals surface area contributed by atoms with Crippen molar-refractivity contribution in [1.82, 2.24) is 4.98 Å². The summed E-state index contributed by atoms with van der Waals surface area (Å²) in [6, 6.07) is 15.0. The Hall–Kier alpha value is -3.01. The van der Waals surface area contributed by atoms with Crippen LogP contribution >= 0.6 is 0 Å². The molecule has 114 valence electrons. The number of ether oxygens (including phenoxy) is 1. The van der Waals surface area contributed by atoms with Crippen LogP contribution in [0.1, 0.15) is 15.9 Å². The van der Waals surface area contributed by atoms with Gasteiger partial charge in [0.2, 0.25) is 5.88 Å². The Kier molecular flexibility index (Phi) is 4.15. The Labute approximate surface area is 133 Å². The van der Waals surface area contributed by atoms with Crippen molar-refractivity contribution in [2.75, 3.05) is 7.11 Å². The molecule has 0 saturated heterocycles. The molecule has 0 unspecified atom stereocenters. The first-order valence-electron chi connectivity index (χ1n) is 7.09. The number of para-hydroxylation sites is 1. The third-order valence-corrected chi connectivity index (χ3v) is 3.45. The maximum atomic E-state index is 12.9. The van der Waals surface area contributed by atoms with Crippen LogP contribution in [0.5, 0.6) is 5.88 Å². The molecule has 0 spiro atoms. The maximum absolute atomic E-state index is 12.9. The van der Waals surface area contributed by atoms with Gasteiger partial charge in [-0.05, 0) is 48.6 Å². The van der Waals surface area contributed by atoms with E-state index in [2.05, 4.69) is 4.98 Å². The minimum atomic E-state index is -0.370. The van der Waals surface area contributed by atoms with Crippen LogP contribution in [0, 0.1) is 5.82 Å². The molecular weight excluding hydrogens is 293 g/mol. The van der Waals surface area contributed by atoms with Crippen molar-refractivity contribution in [3.8, 4) is 5.88 Å². The molecular formula is C19H14FNO2. The van der Waals surface area contributed by atoms with Crippen molar-refractivity contribution >= 4 is 22.8 Å². The lowest BCUT2D eigenvalue weighted by Crippen LogP contribution is -1.95. The molecule has 3 aromatic rings. The van der Waals surface area contributed by atoms with Crippen molar-refractivity contribution in [3.63, 3.8) is 0 Å². The maximum Gasteiger partial charge on any atom is 0.221 e. The molecule has 0 aliphatic heterocycles. The molecule has 0 radical (unpaired) electrons. The molecule has 1 heterocycles. The predicted molar refractivity (Wildman–Crippen MR) is 88.1 cm³/mol. The number of aromatic nitrogens is 1. The molecule has 3 rings (SSSR count). The third kappa shape index (κ3) is 3.26. The Bertz CT molecular complexity index is 886. The molecule has 0 bridgehead atoms. The van der Waals surface area contributed by atoms with Crippen LogP contribution in [0.15, 0.2) is 60.7 Å². The SMILES string of the molecule is COc1nc2ccccc2cc1/C=C/C(=O)c1ccc(F)cc1. The van der Waals surface area contributed by atoms with Crippen molar-refractivity contribution in [2.45, 2.75) is 0 Å². The number of halogens is 1. The molecule has 0 amide bonds. The van der Waals surface area contributed by atoms with Crippen molar-refractivity contribution < 1.29 is 13.9 Å². The smallest absolute Gasteiger partial charge is 0.221 e. The molecule has 4 heteroatoms. The number of hydrogen-bond donors (Lipinski definition) is 0. The zero-order chi connectivity index (χ0) is 16.2. The average molecular weight is 307 g/mol. The monoisotopic (exact) mass is 307 g/mol. The normalized spacial score (nSPS) is 11.0. The number of carbonyl (C=O) groups is 1. The van der Waals surface area contributed by atoms with E-state index in [4.69, 9.17) is 4.74 Å². The number of ketones is 1. The first-order valence-corrected chi connectivity index (χ1v) is 7.09. The first-order chi connectivity index (χ1) is 11.2. The number of allylic oxidation sites excluding steroid dienone is 1.